The van der Waals surface area contributed by atoms with Crippen molar-refractivity contribution in [3.8, 4) is 0 Å². The third-order valence-electron chi connectivity index (χ3n) is 5.12. The fraction of sp³-hybridized carbons (Fsp3) is 0.500. The quantitative estimate of drug-likeness (QED) is 0.463. The minimum atomic E-state index is -0.164. The smallest absolute Gasteiger partial charge is 0.249 e. The number of amides is 2. The van der Waals surface area contributed by atoms with Crippen LogP contribution in [-0.4, -0.2) is 66.1 Å². The van der Waals surface area contributed by atoms with E-state index in [1.165, 1.54) is 0 Å². The molecule has 0 bridgehead atoms. The van der Waals surface area contributed by atoms with Gasteiger partial charge in [0.05, 0.1) is 26.3 Å². The standard InChI is InChI=1S/C24H35N3O4/c1-4-5-14-26(24(29)20-31-19-21-10-7-6-8-11-21)18-23(28)27(15-16-30-3)17-22-12-9-13-25(22)2/h6-13H,4-5,14-20H2,1-3H3. The fourth-order valence-electron chi connectivity index (χ4n) is 3.18. The molecular formula is C24H35N3O4. The van der Waals surface area contributed by atoms with Crippen molar-refractivity contribution in [3.05, 3.63) is 59.9 Å². The number of hydrogen-bond donors (Lipinski definition) is 0. The lowest BCUT2D eigenvalue weighted by molar-refractivity contribution is -0.144. The predicted octanol–water partition coefficient (Wildman–Crippen LogP) is 2.85. The van der Waals surface area contributed by atoms with Crippen LogP contribution < -0.4 is 0 Å². The van der Waals surface area contributed by atoms with Crippen LogP contribution in [0.1, 0.15) is 31.0 Å². The average Bonchev–Trinajstić information content (AvgIpc) is 3.18. The third kappa shape index (κ3) is 8.55. The summed E-state index contributed by atoms with van der Waals surface area (Å²) in [5, 5.41) is 0. The van der Waals surface area contributed by atoms with Gasteiger partial charge in [-0.3, -0.25) is 9.59 Å². The Morgan fingerprint density at radius 2 is 1.77 bits per heavy atom. The van der Waals surface area contributed by atoms with Gasteiger partial charge in [0, 0.05) is 39.1 Å². The Bertz CT molecular complexity index is 791. The lowest BCUT2D eigenvalue weighted by Gasteiger charge is -2.28. The number of benzene rings is 1. The lowest BCUT2D eigenvalue weighted by Crippen LogP contribution is -2.45. The second-order valence-electron chi connectivity index (χ2n) is 7.57. The highest BCUT2D eigenvalue weighted by Gasteiger charge is 2.22. The highest BCUT2D eigenvalue weighted by molar-refractivity contribution is 5.85. The first kappa shape index (κ1) is 24.6. The maximum atomic E-state index is 13.1. The molecule has 7 heteroatoms. The molecule has 1 aromatic carbocycles. The van der Waals surface area contributed by atoms with Crippen molar-refractivity contribution in [2.45, 2.75) is 32.9 Å². The van der Waals surface area contributed by atoms with Crippen molar-refractivity contribution in [3.63, 3.8) is 0 Å². The van der Waals surface area contributed by atoms with Crippen molar-refractivity contribution in [1.29, 1.82) is 0 Å². The lowest BCUT2D eigenvalue weighted by atomic mass is 10.2. The molecule has 1 aromatic heterocycles. The van der Waals surface area contributed by atoms with Gasteiger partial charge in [-0.1, -0.05) is 43.7 Å². The summed E-state index contributed by atoms with van der Waals surface area (Å²) < 4.78 is 12.8. The van der Waals surface area contributed by atoms with E-state index in [9.17, 15) is 9.59 Å². The van der Waals surface area contributed by atoms with Crippen molar-refractivity contribution < 1.29 is 19.1 Å². The Balaban J connectivity index is 1.97. The van der Waals surface area contributed by atoms with Crippen LogP contribution in [0.25, 0.3) is 0 Å². The molecule has 0 saturated heterocycles. The molecule has 170 valence electrons. The Labute approximate surface area is 185 Å². The normalized spacial score (nSPS) is 10.8. The van der Waals surface area contributed by atoms with Crippen LogP contribution in [-0.2, 0) is 39.3 Å². The molecule has 2 amide bonds. The van der Waals surface area contributed by atoms with Gasteiger partial charge in [-0.25, -0.2) is 0 Å². The van der Waals surface area contributed by atoms with Crippen LogP contribution in [0, 0.1) is 0 Å². The van der Waals surface area contributed by atoms with E-state index >= 15 is 0 Å². The molecule has 2 aromatic rings. The minimum absolute atomic E-state index is 0.0399. The second kappa shape index (κ2) is 13.6. The maximum absolute atomic E-state index is 13.1. The number of methoxy groups -OCH3 is 1. The predicted molar refractivity (Wildman–Crippen MR) is 120 cm³/mol. The van der Waals surface area contributed by atoms with Gasteiger partial charge in [-0.05, 0) is 24.1 Å². The summed E-state index contributed by atoms with van der Waals surface area (Å²) in [6.07, 6.45) is 3.74. The van der Waals surface area contributed by atoms with E-state index in [2.05, 4.69) is 6.92 Å². The first-order valence-corrected chi connectivity index (χ1v) is 10.8. The zero-order chi connectivity index (χ0) is 22.5. The number of aromatic nitrogens is 1. The summed E-state index contributed by atoms with van der Waals surface area (Å²) in [4.78, 5) is 29.2. The van der Waals surface area contributed by atoms with E-state index in [0.717, 1.165) is 24.1 Å². The molecule has 0 aliphatic rings. The number of carbonyl (C=O) groups is 2. The minimum Gasteiger partial charge on any atom is -0.383 e. The summed E-state index contributed by atoms with van der Waals surface area (Å²) in [6, 6.07) is 13.7. The van der Waals surface area contributed by atoms with Gasteiger partial charge in [0.1, 0.15) is 6.61 Å². The molecule has 0 unspecified atom stereocenters. The number of aryl methyl sites for hydroxylation is 1. The van der Waals surface area contributed by atoms with Gasteiger partial charge in [-0.15, -0.1) is 0 Å². The number of unbranched alkanes of at least 4 members (excludes halogenated alkanes) is 1. The molecule has 1 heterocycles. The molecule has 0 aliphatic carbocycles. The zero-order valence-corrected chi connectivity index (χ0v) is 19.0. The van der Waals surface area contributed by atoms with Gasteiger partial charge < -0.3 is 23.8 Å². The van der Waals surface area contributed by atoms with E-state index in [1.807, 2.05) is 60.3 Å². The summed E-state index contributed by atoms with van der Waals surface area (Å²) in [5.74, 6) is -0.256. The average molecular weight is 430 g/mol. The highest BCUT2D eigenvalue weighted by Crippen LogP contribution is 2.08. The van der Waals surface area contributed by atoms with Crippen molar-refractivity contribution in [2.75, 3.05) is 40.0 Å². The number of nitrogens with zero attached hydrogens (tertiary/aromatic N) is 3. The van der Waals surface area contributed by atoms with Crippen LogP contribution in [0.4, 0.5) is 0 Å². The fourth-order valence-corrected chi connectivity index (χ4v) is 3.18. The molecule has 31 heavy (non-hydrogen) atoms. The van der Waals surface area contributed by atoms with Crippen LogP contribution in [0.3, 0.4) is 0 Å². The van der Waals surface area contributed by atoms with E-state index in [4.69, 9.17) is 9.47 Å². The van der Waals surface area contributed by atoms with E-state index in [1.54, 1.807) is 16.9 Å². The van der Waals surface area contributed by atoms with Crippen molar-refractivity contribution >= 4 is 11.8 Å². The summed E-state index contributed by atoms with van der Waals surface area (Å²) in [6.45, 7) is 4.37. The second-order valence-corrected chi connectivity index (χ2v) is 7.57. The van der Waals surface area contributed by atoms with Gasteiger partial charge in [0.25, 0.3) is 0 Å². The Kier molecular flexibility index (Phi) is 10.8. The molecule has 0 aliphatic heterocycles. The summed E-state index contributed by atoms with van der Waals surface area (Å²) >= 11 is 0. The van der Waals surface area contributed by atoms with Gasteiger partial charge in [-0.2, -0.15) is 0 Å². The van der Waals surface area contributed by atoms with Crippen LogP contribution >= 0.6 is 0 Å². The van der Waals surface area contributed by atoms with E-state index < -0.39 is 0 Å². The first-order chi connectivity index (χ1) is 15.0. The summed E-state index contributed by atoms with van der Waals surface area (Å²) in [5.41, 5.74) is 2.04. The van der Waals surface area contributed by atoms with Crippen LogP contribution in [0.5, 0.6) is 0 Å². The topological polar surface area (TPSA) is 64.0 Å². The van der Waals surface area contributed by atoms with Crippen LogP contribution in [0.2, 0.25) is 0 Å². The largest absolute Gasteiger partial charge is 0.383 e. The number of carbonyl (C=O) groups excluding carboxylic acids is 2. The third-order valence-corrected chi connectivity index (χ3v) is 5.12. The highest BCUT2D eigenvalue weighted by atomic mass is 16.5. The number of ether oxygens (including phenoxy) is 2. The van der Waals surface area contributed by atoms with E-state index in [-0.39, 0.29) is 25.0 Å². The molecular weight excluding hydrogens is 394 g/mol. The van der Waals surface area contributed by atoms with Crippen molar-refractivity contribution in [2.24, 2.45) is 7.05 Å². The molecule has 0 N–H and O–H groups in total. The first-order valence-electron chi connectivity index (χ1n) is 10.8. The molecule has 2 rings (SSSR count). The molecule has 0 fully saturated rings. The SMILES string of the molecule is CCCCN(CC(=O)N(CCOC)Cc1cccn1C)C(=O)COCc1ccccc1. The molecule has 0 atom stereocenters. The van der Waals surface area contributed by atoms with Crippen LogP contribution in [0.15, 0.2) is 48.7 Å². The zero-order valence-electron chi connectivity index (χ0n) is 19.0. The van der Waals surface area contributed by atoms with Crippen molar-refractivity contribution in [1.82, 2.24) is 14.4 Å². The summed E-state index contributed by atoms with van der Waals surface area (Å²) in [7, 11) is 3.57. The van der Waals surface area contributed by atoms with E-state index in [0.29, 0.717) is 32.8 Å². The van der Waals surface area contributed by atoms with Gasteiger partial charge >= 0.3 is 0 Å². The monoisotopic (exact) mass is 429 g/mol. The molecule has 0 saturated carbocycles. The number of hydrogen-bond acceptors (Lipinski definition) is 4. The Morgan fingerprint density at radius 1 is 1.00 bits per heavy atom. The Hall–Kier alpha value is -2.64. The van der Waals surface area contributed by atoms with Gasteiger partial charge in [0.15, 0.2) is 0 Å². The molecule has 0 spiro atoms. The maximum Gasteiger partial charge on any atom is 0.249 e. The number of rotatable bonds is 14. The molecule has 7 nitrogen and oxygen atoms in total. The van der Waals surface area contributed by atoms with Gasteiger partial charge in [0.2, 0.25) is 11.8 Å². The Morgan fingerprint density at radius 3 is 2.42 bits per heavy atom. The molecule has 0 radical (unpaired) electrons.